The van der Waals surface area contributed by atoms with E-state index in [4.69, 9.17) is 4.74 Å². The first-order valence-electron chi connectivity index (χ1n) is 7.19. The molecule has 1 unspecified atom stereocenters. The summed E-state index contributed by atoms with van der Waals surface area (Å²) in [6.07, 6.45) is 7.83. The number of esters is 1. The molecule has 1 aliphatic rings. The fourth-order valence-electron chi connectivity index (χ4n) is 2.84. The van der Waals surface area contributed by atoms with E-state index >= 15 is 0 Å². The second-order valence-electron chi connectivity index (χ2n) is 5.69. The van der Waals surface area contributed by atoms with Crippen LogP contribution in [0.15, 0.2) is 0 Å². The quantitative estimate of drug-likeness (QED) is 0.570. The predicted octanol–water partition coefficient (Wildman–Crippen LogP) is 3.36. The van der Waals surface area contributed by atoms with Crippen molar-refractivity contribution in [3.63, 3.8) is 0 Å². The second-order valence-corrected chi connectivity index (χ2v) is 5.69. The van der Waals surface area contributed by atoms with Gasteiger partial charge in [-0.15, -0.1) is 0 Å². The van der Waals surface area contributed by atoms with Gasteiger partial charge in [-0.3, -0.25) is 9.59 Å². The van der Waals surface area contributed by atoms with Gasteiger partial charge in [0.25, 0.3) is 0 Å². The summed E-state index contributed by atoms with van der Waals surface area (Å²) in [5.41, 5.74) is 0. The third-order valence-corrected chi connectivity index (χ3v) is 3.94. The topological polar surface area (TPSA) is 43.4 Å². The van der Waals surface area contributed by atoms with Gasteiger partial charge in [-0.2, -0.15) is 0 Å². The molecule has 1 aliphatic carbocycles. The van der Waals surface area contributed by atoms with Crippen molar-refractivity contribution in [1.29, 1.82) is 0 Å². The molecule has 104 valence electrons. The molecule has 0 N–H and O–H groups in total. The average Bonchev–Trinajstić information content (AvgIpc) is 2.27. The highest BCUT2D eigenvalue weighted by Crippen LogP contribution is 2.28. The van der Waals surface area contributed by atoms with Crippen LogP contribution in [0.25, 0.3) is 0 Å². The molecule has 3 heteroatoms. The van der Waals surface area contributed by atoms with Crippen molar-refractivity contribution in [3.05, 3.63) is 0 Å². The monoisotopic (exact) mass is 254 g/mol. The summed E-state index contributed by atoms with van der Waals surface area (Å²) >= 11 is 0. The lowest BCUT2D eigenvalue weighted by Crippen LogP contribution is -2.34. The number of carbonyl (C=O) groups is 2. The highest BCUT2D eigenvalue weighted by Gasteiger charge is 2.35. The molecule has 1 saturated carbocycles. The maximum atomic E-state index is 12.5. The van der Waals surface area contributed by atoms with E-state index in [2.05, 4.69) is 0 Å². The van der Waals surface area contributed by atoms with Crippen LogP contribution < -0.4 is 0 Å². The molecule has 0 radical (unpaired) electrons. The van der Waals surface area contributed by atoms with Crippen molar-refractivity contribution in [2.24, 2.45) is 17.8 Å². The Morgan fingerprint density at radius 2 is 1.50 bits per heavy atom. The summed E-state index contributed by atoms with van der Waals surface area (Å²) in [6, 6.07) is 0. The van der Waals surface area contributed by atoms with Crippen LogP contribution in [0.1, 0.15) is 58.8 Å². The van der Waals surface area contributed by atoms with E-state index in [1.165, 1.54) is 26.4 Å². The first kappa shape index (κ1) is 15.2. The summed E-state index contributed by atoms with van der Waals surface area (Å²) in [4.78, 5) is 24.3. The molecule has 1 fully saturated rings. The highest BCUT2D eigenvalue weighted by atomic mass is 16.5. The third kappa shape index (κ3) is 4.11. The molecular formula is C15H26O3. The number of hydrogen-bond donors (Lipinski definition) is 0. The van der Waals surface area contributed by atoms with Gasteiger partial charge < -0.3 is 4.74 Å². The van der Waals surface area contributed by atoms with E-state index in [1.54, 1.807) is 0 Å². The van der Waals surface area contributed by atoms with Crippen LogP contribution in [-0.4, -0.2) is 18.9 Å². The molecule has 0 aromatic heterocycles. The molecule has 1 rings (SSSR count). The highest BCUT2D eigenvalue weighted by molar-refractivity contribution is 6.00. The number of hydrogen-bond acceptors (Lipinski definition) is 3. The van der Waals surface area contributed by atoms with Gasteiger partial charge in [-0.25, -0.2) is 0 Å². The number of Topliss-reactive ketones (excluding diaryl/α,β-unsaturated/α-hetero) is 1. The Morgan fingerprint density at radius 3 is 1.94 bits per heavy atom. The Balaban J connectivity index is 2.70. The van der Waals surface area contributed by atoms with Gasteiger partial charge in [0.15, 0.2) is 0 Å². The van der Waals surface area contributed by atoms with Crippen LogP contribution in [0.5, 0.6) is 0 Å². The number of methoxy groups -OCH3 is 1. The SMILES string of the molecule is COC(=O)C(C(=O)C1CCCCCCC1)C(C)C. The Bertz CT molecular complexity index is 275. The maximum absolute atomic E-state index is 12.5. The molecule has 0 saturated heterocycles. The van der Waals surface area contributed by atoms with Gasteiger partial charge in [0.05, 0.1) is 7.11 Å². The van der Waals surface area contributed by atoms with E-state index < -0.39 is 5.92 Å². The fourth-order valence-corrected chi connectivity index (χ4v) is 2.84. The standard InChI is InChI=1S/C15H26O3/c1-11(2)13(15(17)18-3)14(16)12-9-7-5-4-6-8-10-12/h11-13H,4-10H2,1-3H3. The van der Waals surface area contributed by atoms with E-state index in [-0.39, 0.29) is 23.6 Å². The number of ether oxygens (including phenoxy) is 1. The lowest BCUT2D eigenvalue weighted by molar-refractivity contribution is -0.152. The molecule has 0 spiro atoms. The Morgan fingerprint density at radius 1 is 1.00 bits per heavy atom. The maximum Gasteiger partial charge on any atom is 0.316 e. The second kappa shape index (κ2) is 7.55. The average molecular weight is 254 g/mol. The summed E-state index contributed by atoms with van der Waals surface area (Å²) in [5.74, 6) is -0.734. The van der Waals surface area contributed by atoms with Gasteiger partial charge in [0.1, 0.15) is 11.7 Å². The minimum absolute atomic E-state index is 0.0235. The molecule has 0 aromatic rings. The zero-order chi connectivity index (χ0) is 13.5. The smallest absolute Gasteiger partial charge is 0.316 e. The van der Waals surface area contributed by atoms with E-state index in [1.807, 2.05) is 13.8 Å². The molecule has 0 heterocycles. The first-order chi connectivity index (χ1) is 8.57. The van der Waals surface area contributed by atoms with E-state index in [9.17, 15) is 9.59 Å². The zero-order valence-corrected chi connectivity index (χ0v) is 11.9. The van der Waals surface area contributed by atoms with E-state index in [0.29, 0.717) is 0 Å². The third-order valence-electron chi connectivity index (χ3n) is 3.94. The largest absolute Gasteiger partial charge is 0.468 e. The normalized spacial score (nSPS) is 20.0. The van der Waals surface area contributed by atoms with Gasteiger partial charge >= 0.3 is 5.97 Å². The zero-order valence-electron chi connectivity index (χ0n) is 11.9. The van der Waals surface area contributed by atoms with Crippen LogP contribution in [0.3, 0.4) is 0 Å². The van der Waals surface area contributed by atoms with E-state index in [0.717, 1.165) is 25.7 Å². The lowest BCUT2D eigenvalue weighted by atomic mass is 9.79. The summed E-state index contributed by atoms with van der Waals surface area (Å²) in [5, 5.41) is 0. The first-order valence-corrected chi connectivity index (χ1v) is 7.19. The summed E-state index contributed by atoms with van der Waals surface area (Å²) in [7, 11) is 1.36. The minimum atomic E-state index is -0.570. The molecular weight excluding hydrogens is 228 g/mol. The predicted molar refractivity (Wildman–Crippen MR) is 71.2 cm³/mol. The molecule has 0 aliphatic heterocycles. The van der Waals surface area contributed by atoms with Gasteiger partial charge in [-0.1, -0.05) is 46.0 Å². The van der Waals surface area contributed by atoms with Gasteiger partial charge in [0.2, 0.25) is 0 Å². The molecule has 18 heavy (non-hydrogen) atoms. The molecule has 0 amide bonds. The summed E-state index contributed by atoms with van der Waals surface area (Å²) in [6.45, 7) is 3.84. The van der Waals surface area contributed by atoms with Crippen LogP contribution in [-0.2, 0) is 14.3 Å². The molecule has 1 atom stereocenters. The molecule has 0 aromatic carbocycles. The molecule has 0 bridgehead atoms. The van der Waals surface area contributed by atoms with Crippen molar-refractivity contribution in [1.82, 2.24) is 0 Å². The van der Waals surface area contributed by atoms with Crippen molar-refractivity contribution in [2.45, 2.75) is 58.8 Å². The van der Waals surface area contributed by atoms with Crippen LogP contribution in [0, 0.1) is 17.8 Å². The summed E-state index contributed by atoms with van der Waals surface area (Å²) < 4.78 is 4.78. The lowest BCUT2D eigenvalue weighted by Gasteiger charge is -2.24. The minimum Gasteiger partial charge on any atom is -0.468 e. The molecule has 3 nitrogen and oxygen atoms in total. The van der Waals surface area contributed by atoms with Crippen LogP contribution >= 0.6 is 0 Å². The van der Waals surface area contributed by atoms with Crippen molar-refractivity contribution in [2.75, 3.05) is 7.11 Å². The van der Waals surface area contributed by atoms with Gasteiger partial charge in [0, 0.05) is 5.92 Å². The Kier molecular flexibility index (Phi) is 6.37. The van der Waals surface area contributed by atoms with Crippen LogP contribution in [0.2, 0.25) is 0 Å². The van der Waals surface area contributed by atoms with Crippen molar-refractivity contribution in [3.8, 4) is 0 Å². The number of carbonyl (C=O) groups excluding carboxylic acids is 2. The Labute approximate surface area is 110 Å². The van der Waals surface area contributed by atoms with Crippen LogP contribution in [0.4, 0.5) is 0 Å². The van der Waals surface area contributed by atoms with Crippen molar-refractivity contribution < 1.29 is 14.3 Å². The number of rotatable bonds is 4. The number of ketones is 1. The van der Waals surface area contributed by atoms with Crippen molar-refractivity contribution >= 4 is 11.8 Å². The fraction of sp³-hybridized carbons (Fsp3) is 0.867. The van der Waals surface area contributed by atoms with Gasteiger partial charge in [-0.05, 0) is 18.8 Å². The Hall–Kier alpha value is -0.860.